The summed E-state index contributed by atoms with van der Waals surface area (Å²) in [7, 11) is 0. The van der Waals surface area contributed by atoms with Crippen molar-refractivity contribution in [3.05, 3.63) is 16.1 Å². The summed E-state index contributed by atoms with van der Waals surface area (Å²) in [4.78, 5) is 7.12. The molecule has 1 aliphatic rings. The Bertz CT molecular complexity index is 381. The molecule has 1 saturated heterocycles. The molecule has 0 saturated carbocycles. The number of nitrogens with zero attached hydrogens (tertiary/aromatic N) is 2. The Kier molecular flexibility index (Phi) is 5.76. The van der Waals surface area contributed by atoms with Crippen molar-refractivity contribution in [3.63, 3.8) is 0 Å². The van der Waals surface area contributed by atoms with Crippen LogP contribution in [0.5, 0.6) is 0 Å². The van der Waals surface area contributed by atoms with E-state index in [4.69, 9.17) is 9.72 Å². The van der Waals surface area contributed by atoms with Crippen LogP contribution in [-0.4, -0.2) is 42.2 Å². The molecule has 1 unspecified atom stereocenters. The van der Waals surface area contributed by atoms with E-state index in [1.807, 2.05) is 0 Å². The van der Waals surface area contributed by atoms with Gasteiger partial charge in [-0.15, -0.1) is 11.3 Å². The fourth-order valence-corrected chi connectivity index (χ4v) is 2.99. The van der Waals surface area contributed by atoms with Gasteiger partial charge < -0.3 is 10.1 Å². The van der Waals surface area contributed by atoms with E-state index in [-0.39, 0.29) is 0 Å². The lowest BCUT2D eigenvalue weighted by atomic mass is 10.2. The average molecular weight is 283 g/mol. The van der Waals surface area contributed by atoms with E-state index < -0.39 is 0 Å². The normalized spacial score (nSPS) is 21.2. The van der Waals surface area contributed by atoms with Crippen LogP contribution in [0.4, 0.5) is 0 Å². The summed E-state index contributed by atoms with van der Waals surface area (Å²) in [6, 6.07) is 0. The van der Waals surface area contributed by atoms with Gasteiger partial charge in [0.2, 0.25) is 0 Å². The van der Waals surface area contributed by atoms with Gasteiger partial charge in [0.25, 0.3) is 0 Å². The number of hydrogen-bond donors (Lipinski definition) is 1. The molecule has 1 atom stereocenters. The van der Waals surface area contributed by atoms with E-state index >= 15 is 0 Å². The van der Waals surface area contributed by atoms with Crippen LogP contribution < -0.4 is 5.32 Å². The van der Waals surface area contributed by atoms with Crippen LogP contribution in [0, 0.1) is 5.92 Å². The van der Waals surface area contributed by atoms with E-state index in [1.54, 1.807) is 11.3 Å². The third kappa shape index (κ3) is 5.18. The minimum absolute atomic E-state index is 0.347. The predicted octanol–water partition coefficient (Wildman–Crippen LogP) is 2.11. The quantitative estimate of drug-likeness (QED) is 0.867. The van der Waals surface area contributed by atoms with Gasteiger partial charge in [0.1, 0.15) is 5.01 Å². The van der Waals surface area contributed by atoms with E-state index in [2.05, 4.69) is 36.4 Å². The third-order valence-electron chi connectivity index (χ3n) is 3.14. The van der Waals surface area contributed by atoms with Crippen LogP contribution in [0.15, 0.2) is 5.38 Å². The molecule has 0 aliphatic carbocycles. The van der Waals surface area contributed by atoms with Crippen molar-refractivity contribution in [3.8, 4) is 0 Å². The van der Waals surface area contributed by atoms with E-state index in [9.17, 15) is 0 Å². The van der Waals surface area contributed by atoms with Crippen LogP contribution >= 0.6 is 11.3 Å². The summed E-state index contributed by atoms with van der Waals surface area (Å²) in [6.07, 6.45) is 0.347. The van der Waals surface area contributed by atoms with Crippen LogP contribution in [0.25, 0.3) is 0 Å². The van der Waals surface area contributed by atoms with Crippen molar-refractivity contribution in [2.75, 3.05) is 26.2 Å². The topological polar surface area (TPSA) is 37.4 Å². The number of morpholine rings is 1. The van der Waals surface area contributed by atoms with Gasteiger partial charge in [0, 0.05) is 31.6 Å². The summed E-state index contributed by atoms with van der Waals surface area (Å²) in [5, 5.41) is 6.82. The van der Waals surface area contributed by atoms with Crippen LogP contribution in [0.2, 0.25) is 0 Å². The second kappa shape index (κ2) is 7.33. The molecule has 108 valence electrons. The Morgan fingerprint density at radius 2 is 2.42 bits per heavy atom. The van der Waals surface area contributed by atoms with Gasteiger partial charge in [-0.2, -0.15) is 0 Å². The Morgan fingerprint density at radius 3 is 3.16 bits per heavy atom. The molecule has 0 amide bonds. The second-order valence-electron chi connectivity index (χ2n) is 5.67. The molecule has 1 aliphatic heterocycles. The van der Waals surface area contributed by atoms with Crippen LogP contribution in [-0.2, 0) is 17.8 Å². The molecule has 0 bridgehead atoms. The highest BCUT2D eigenvalue weighted by atomic mass is 32.1. The number of nitrogens with one attached hydrogen (secondary N) is 1. The molecule has 19 heavy (non-hydrogen) atoms. The van der Waals surface area contributed by atoms with Crippen molar-refractivity contribution in [1.82, 2.24) is 15.2 Å². The second-order valence-corrected chi connectivity index (χ2v) is 6.62. The molecule has 0 spiro atoms. The van der Waals surface area contributed by atoms with Gasteiger partial charge >= 0.3 is 0 Å². The SMILES string of the molecule is CC(C)CNCc1nc(CN2CCOC(C)C2)cs1. The Balaban J connectivity index is 1.77. The van der Waals surface area contributed by atoms with E-state index in [0.717, 1.165) is 39.3 Å². The molecule has 0 radical (unpaired) electrons. The molecule has 5 heteroatoms. The molecule has 1 fully saturated rings. The minimum Gasteiger partial charge on any atom is -0.376 e. The molecule has 1 aromatic rings. The molecular weight excluding hydrogens is 258 g/mol. The lowest BCUT2D eigenvalue weighted by molar-refractivity contribution is -0.0215. The highest BCUT2D eigenvalue weighted by Gasteiger charge is 2.17. The lowest BCUT2D eigenvalue weighted by Crippen LogP contribution is -2.40. The maximum atomic E-state index is 5.56. The van der Waals surface area contributed by atoms with Gasteiger partial charge in [-0.1, -0.05) is 13.8 Å². The van der Waals surface area contributed by atoms with Crippen molar-refractivity contribution in [2.24, 2.45) is 5.92 Å². The molecule has 1 N–H and O–H groups in total. The highest BCUT2D eigenvalue weighted by Crippen LogP contribution is 2.14. The van der Waals surface area contributed by atoms with Gasteiger partial charge in [-0.3, -0.25) is 4.90 Å². The van der Waals surface area contributed by atoms with E-state index in [0.29, 0.717) is 12.0 Å². The smallest absolute Gasteiger partial charge is 0.107 e. The molecule has 2 rings (SSSR count). The zero-order valence-electron chi connectivity index (χ0n) is 12.2. The van der Waals surface area contributed by atoms with Gasteiger partial charge in [-0.25, -0.2) is 4.98 Å². The summed E-state index contributed by atoms with van der Waals surface area (Å²) in [5.74, 6) is 0.689. The Labute approximate surface area is 120 Å². The first-order chi connectivity index (χ1) is 9.13. The number of thiazole rings is 1. The van der Waals surface area contributed by atoms with Crippen LogP contribution in [0.1, 0.15) is 31.5 Å². The van der Waals surface area contributed by atoms with Crippen LogP contribution in [0.3, 0.4) is 0 Å². The predicted molar refractivity (Wildman–Crippen MR) is 79.3 cm³/mol. The van der Waals surface area contributed by atoms with Gasteiger partial charge in [0.05, 0.1) is 18.4 Å². The number of rotatable bonds is 6. The largest absolute Gasteiger partial charge is 0.376 e. The summed E-state index contributed by atoms with van der Waals surface area (Å²) in [6.45, 7) is 12.3. The summed E-state index contributed by atoms with van der Waals surface area (Å²) in [5.41, 5.74) is 1.19. The first kappa shape index (κ1) is 14.9. The fraction of sp³-hybridized carbons (Fsp3) is 0.786. The standard InChI is InChI=1S/C14H25N3OS/c1-11(2)6-15-7-14-16-13(10-19-14)9-17-4-5-18-12(3)8-17/h10-12,15H,4-9H2,1-3H3. The zero-order valence-corrected chi connectivity index (χ0v) is 13.0. The maximum Gasteiger partial charge on any atom is 0.107 e. The molecule has 4 nitrogen and oxygen atoms in total. The van der Waals surface area contributed by atoms with Crippen molar-refractivity contribution < 1.29 is 4.74 Å². The highest BCUT2D eigenvalue weighted by molar-refractivity contribution is 7.09. The number of aromatic nitrogens is 1. The molecule has 0 aromatic carbocycles. The lowest BCUT2D eigenvalue weighted by Gasteiger charge is -2.30. The van der Waals surface area contributed by atoms with E-state index in [1.165, 1.54) is 10.7 Å². The van der Waals surface area contributed by atoms with Gasteiger partial charge in [0.15, 0.2) is 0 Å². The number of hydrogen-bond acceptors (Lipinski definition) is 5. The van der Waals surface area contributed by atoms with Crippen molar-refractivity contribution in [1.29, 1.82) is 0 Å². The van der Waals surface area contributed by atoms with Crippen molar-refractivity contribution >= 4 is 11.3 Å². The summed E-state index contributed by atoms with van der Waals surface area (Å²) >= 11 is 1.76. The first-order valence-corrected chi connectivity index (χ1v) is 7.99. The van der Waals surface area contributed by atoms with Crippen molar-refractivity contribution in [2.45, 2.75) is 40.0 Å². The molecule has 1 aromatic heterocycles. The maximum absolute atomic E-state index is 5.56. The Hall–Kier alpha value is -0.490. The third-order valence-corrected chi connectivity index (χ3v) is 4.04. The monoisotopic (exact) mass is 283 g/mol. The minimum atomic E-state index is 0.347. The molecular formula is C14H25N3OS. The Morgan fingerprint density at radius 1 is 1.58 bits per heavy atom. The first-order valence-electron chi connectivity index (χ1n) is 7.11. The fourth-order valence-electron chi connectivity index (χ4n) is 2.23. The zero-order chi connectivity index (χ0) is 13.7. The summed E-state index contributed by atoms with van der Waals surface area (Å²) < 4.78 is 5.56. The average Bonchev–Trinajstić information content (AvgIpc) is 2.76. The molecule has 2 heterocycles. The van der Waals surface area contributed by atoms with Gasteiger partial charge in [-0.05, 0) is 19.4 Å². The number of ether oxygens (including phenoxy) is 1.